The Labute approximate surface area is 124 Å². The lowest BCUT2D eigenvalue weighted by Gasteiger charge is -2.46. The van der Waals surface area contributed by atoms with Gasteiger partial charge >= 0.3 is 0 Å². The van der Waals surface area contributed by atoms with Crippen molar-refractivity contribution in [3.05, 3.63) is 29.8 Å². The topological polar surface area (TPSA) is 24.5 Å². The van der Waals surface area contributed by atoms with Crippen LogP contribution in [0.25, 0.3) is 0 Å². The van der Waals surface area contributed by atoms with Gasteiger partial charge in [-0.25, -0.2) is 0 Å². The first-order valence-electron chi connectivity index (χ1n) is 7.63. The van der Waals surface area contributed by atoms with Crippen molar-refractivity contribution in [2.45, 2.75) is 45.7 Å². The highest BCUT2D eigenvalue weighted by molar-refractivity contribution is 5.31. The highest BCUT2D eigenvalue weighted by Gasteiger charge is 2.36. The molecule has 3 heteroatoms. The zero-order valence-corrected chi connectivity index (χ0v) is 13.9. The molecule has 0 aromatic heterocycles. The SMILES string of the molecule is CCN(CC)C(C)(CC)C(NC)c1ccc(OC)cc1. The molecule has 20 heavy (non-hydrogen) atoms. The Morgan fingerprint density at radius 2 is 1.70 bits per heavy atom. The molecule has 0 bridgehead atoms. The Morgan fingerprint density at radius 1 is 1.15 bits per heavy atom. The Bertz CT molecular complexity index is 386. The molecule has 0 spiro atoms. The largest absolute Gasteiger partial charge is 0.497 e. The summed E-state index contributed by atoms with van der Waals surface area (Å²) in [6.45, 7) is 11.2. The molecule has 114 valence electrons. The fourth-order valence-corrected chi connectivity index (χ4v) is 3.19. The minimum absolute atomic E-state index is 0.104. The molecule has 0 radical (unpaired) electrons. The van der Waals surface area contributed by atoms with Crippen LogP contribution in [0.15, 0.2) is 24.3 Å². The molecule has 2 atom stereocenters. The number of hydrogen-bond donors (Lipinski definition) is 1. The van der Waals surface area contributed by atoms with Crippen LogP contribution in [-0.2, 0) is 0 Å². The van der Waals surface area contributed by atoms with Crippen LogP contribution in [0.4, 0.5) is 0 Å². The summed E-state index contributed by atoms with van der Waals surface area (Å²) in [5.41, 5.74) is 1.41. The third-order valence-electron chi connectivity index (χ3n) is 4.56. The molecule has 3 nitrogen and oxygen atoms in total. The van der Waals surface area contributed by atoms with Crippen molar-refractivity contribution < 1.29 is 4.74 Å². The van der Waals surface area contributed by atoms with Crippen LogP contribution in [-0.4, -0.2) is 37.7 Å². The lowest BCUT2D eigenvalue weighted by atomic mass is 9.83. The molecule has 1 aromatic rings. The molecule has 0 aliphatic carbocycles. The first kappa shape index (κ1) is 17.0. The van der Waals surface area contributed by atoms with Gasteiger partial charge in [-0.05, 0) is 51.2 Å². The number of methoxy groups -OCH3 is 1. The lowest BCUT2D eigenvalue weighted by molar-refractivity contribution is 0.0728. The number of nitrogens with one attached hydrogen (secondary N) is 1. The van der Waals surface area contributed by atoms with Crippen molar-refractivity contribution in [2.75, 3.05) is 27.2 Å². The van der Waals surface area contributed by atoms with Crippen LogP contribution in [0.2, 0.25) is 0 Å². The van der Waals surface area contributed by atoms with Gasteiger partial charge in [-0.1, -0.05) is 32.9 Å². The number of likely N-dealkylation sites (N-methyl/N-ethyl adjacent to an activating group) is 2. The maximum absolute atomic E-state index is 5.25. The van der Waals surface area contributed by atoms with Crippen LogP contribution < -0.4 is 10.1 Å². The van der Waals surface area contributed by atoms with Crippen molar-refractivity contribution in [2.24, 2.45) is 0 Å². The van der Waals surface area contributed by atoms with Gasteiger partial charge in [-0.2, -0.15) is 0 Å². The molecule has 0 heterocycles. The normalized spacial score (nSPS) is 15.9. The number of hydrogen-bond acceptors (Lipinski definition) is 3. The standard InChI is InChI=1S/C17H30N2O/c1-7-17(4,19(8-2)9-3)16(18-5)14-10-12-15(20-6)13-11-14/h10-13,16,18H,7-9H2,1-6H3. The van der Waals surface area contributed by atoms with E-state index in [2.05, 4.69) is 50.0 Å². The Balaban J connectivity index is 3.12. The predicted octanol–water partition coefficient (Wildman–Crippen LogP) is 3.47. The average molecular weight is 278 g/mol. The van der Waals surface area contributed by atoms with E-state index in [-0.39, 0.29) is 5.54 Å². The summed E-state index contributed by atoms with van der Waals surface area (Å²) in [6, 6.07) is 8.71. The van der Waals surface area contributed by atoms with E-state index in [9.17, 15) is 0 Å². The first-order chi connectivity index (χ1) is 9.57. The van der Waals surface area contributed by atoms with Crippen molar-refractivity contribution in [1.29, 1.82) is 0 Å². The third kappa shape index (κ3) is 3.33. The molecular weight excluding hydrogens is 248 g/mol. The zero-order chi connectivity index (χ0) is 15.2. The zero-order valence-electron chi connectivity index (χ0n) is 13.9. The smallest absolute Gasteiger partial charge is 0.118 e. The van der Waals surface area contributed by atoms with Gasteiger partial charge in [-0.15, -0.1) is 0 Å². The summed E-state index contributed by atoms with van der Waals surface area (Å²) < 4.78 is 5.25. The van der Waals surface area contributed by atoms with Crippen molar-refractivity contribution >= 4 is 0 Å². The Morgan fingerprint density at radius 3 is 2.05 bits per heavy atom. The molecule has 1 N–H and O–H groups in total. The number of benzene rings is 1. The third-order valence-corrected chi connectivity index (χ3v) is 4.56. The summed E-state index contributed by atoms with van der Waals surface area (Å²) in [4.78, 5) is 2.54. The molecule has 0 amide bonds. The summed E-state index contributed by atoms with van der Waals surface area (Å²) in [5.74, 6) is 0.907. The van der Waals surface area contributed by atoms with E-state index in [1.807, 2.05) is 19.2 Å². The van der Waals surface area contributed by atoms with Gasteiger partial charge < -0.3 is 10.1 Å². The molecule has 0 aliphatic rings. The van der Waals surface area contributed by atoms with Crippen LogP contribution in [0, 0.1) is 0 Å². The molecule has 1 aromatic carbocycles. The highest BCUT2D eigenvalue weighted by atomic mass is 16.5. The number of nitrogens with zero attached hydrogens (tertiary/aromatic N) is 1. The lowest BCUT2D eigenvalue weighted by Crippen LogP contribution is -2.53. The predicted molar refractivity (Wildman–Crippen MR) is 86.4 cm³/mol. The summed E-state index contributed by atoms with van der Waals surface area (Å²) in [7, 11) is 3.75. The van der Waals surface area contributed by atoms with Gasteiger partial charge in [0.05, 0.1) is 13.2 Å². The van der Waals surface area contributed by atoms with Crippen molar-refractivity contribution in [1.82, 2.24) is 10.2 Å². The van der Waals surface area contributed by atoms with Crippen molar-refractivity contribution in [3.63, 3.8) is 0 Å². The first-order valence-corrected chi connectivity index (χ1v) is 7.63. The molecule has 1 rings (SSSR count). The molecule has 0 saturated carbocycles. The number of rotatable bonds is 8. The van der Waals surface area contributed by atoms with Gasteiger partial charge in [-0.3, -0.25) is 4.90 Å². The van der Waals surface area contributed by atoms with E-state index >= 15 is 0 Å². The van der Waals surface area contributed by atoms with Gasteiger partial charge in [0.2, 0.25) is 0 Å². The second-order valence-electron chi connectivity index (χ2n) is 5.38. The summed E-state index contributed by atoms with van der Waals surface area (Å²) >= 11 is 0. The second kappa shape index (κ2) is 7.65. The quantitative estimate of drug-likeness (QED) is 0.788. The van der Waals surface area contributed by atoms with E-state index in [0.29, 0.717) is 6.04 Å². The molecule has 0 fully saturated rings. The van der Waals surface area contributed by atoms with E-state index in [4.69, 9.17) is 4.74 Å². The number of ether oxygens (including phenoxy) is 1. The molecule has 0 saturated heterocycles. The van der Waals surface area contributed by atoms with Crippen LogP contribution in [0.3, 0.4) is 0 Å². The maximum atomic E-state index is 5.25. The van der Waals surface area contributed by atoms with E-state index < -0.39 is 0 Å². The molecule has 0 aliphatic heterocycles. The summed E-state index contributed by atoms with van der Waals surface area (Å²) in [5, 5.41) is 3.51. The minimum atomic E-state index is 0.104. The second-order valence-corrected chi connectivity index (χ2v) is 5.38. The van der Waals surface area contributed by atoms with Gasteiger partial charge in [0.1, 0.15) is 5.75 Å². The highest BCUT2D eigenvalue weighted by Crippen LogP contribution is 2.34. The fourth-order valence-electron chi connectivity index (χ4n) is 3.19. The Hall–Kier alpha value is -1.06. The van der Waals surface area contributed by atoms with E-state index in [1.165, 1.54) is 5.56 Å². The van der Waals surface area contributed by atoms with Crippen LogP contribution >= 0.6 is 0 Å². The van der Waals surface area contributed by atoms with Crippen LogP contribution in [0.5, 0.6) is 5.75 Å². The van der Waals surface area contributed by atoms with E-state index in [1.54, 1.807) is 7.11 Å². The van der Waals surface area contributed by atoms with Gasteiger partial charge in [0, 0.05) is 5.54 Å². The van der Waals surface area contributed by atoms with Gasteiger partial charge in [0.15, 0.2) is 0 Å². The van der Waals surface area contributed by atoms with Crippen molar-refractivity contribution in [3.8, 4) is 5.75 Å². The van der Waals surface area contributed by atoms with Crippen LogP contribution in [0.1, 0.15) is 45.7 Å². The monoisotopic (exact) mass is 278 g/mol. The van der Waals surface area contributed by atoms with Gasteiger partial charge in [0.25, 0.3) is 0 Å². The molecular formula is C17H30N2O. The average Bonchev–Trinajstić information content (AvgIpc) is 2.49. The van der Waals surface area contributed by atoms with E-state index in [0.717, 1.165) is 25.3 Å². The maximum Gasteiger partial charge on any atom is 0.118 e. The molecule has 2 unspecified atom stereocenters. The Kier molecular flexibility index (Phi) is 6.50. The summed E-state index contributed by atoms with van der Waals surface area (Å²) in [6.07, 6.45) is 1.10. The minimum Gasteiger partial charge on any atom is -0.497 e. The fraction of sp³-hybridized carbons (Fsp3) is 0.647.